The first-order valence-electron chi connectivity index (χ1n) is 8.57. The number of aliphatic imine (C=N–C) groups is 1. The molecule has 9 heteroatoms. The monoisotopic (exact) mass is 409 g/mol. The third-order valence-electron chi connectivity index (χ3n) is 3.72. The Bertz CT molecular complexity index is 1040. The summed E-state index contributed by atoms with van der Waals surface area (Å²) < 4.78 is 0.899. The Kier molecular flexibility index (Phi) is 6.72. The molecule has 7 nitrogen and oxygen atoms in total. The standard InChI is InChI=1S/C19H19N7S2/c1-5-27-19-26-25-18(28-19)24-23-17-9-7-15(11-13(17)3)21-22-16-8-6-14(20-4)10-12(16)2/h6-11H,4-5H2,1-3H3. The molecule has 0 bridgehead atoms. The van der Waals surface area contributed by atoms with Gasteiger partial charge < -0.3 is 0 Å². The maximum atomic E-state index is 4.33. The van der Waals surface area contributed by atoms with E-state index < -0.39 is 0 Å². The van der Waals surface area contributed by atoms with Crippen molar-refractivity contribution in [2.75, 3.05) is 5.75 Å². The van der Waals surface area contributed by atoms with E-state index in [1.807, 2.05) is 50.2 Å². The van der Waals surface area contributed by atoms with Crippen molar-refractivity contribution in [3.63, 3.8) is 0 Å². The molecule has 1 aromatic heterocycles. The van der Waals surface area contributed by atoms with E-state index in [1.54, 1.807) is 11.8 Å². The van der Waals surface area contributed by atoms with Gasteiger partial charge in [-0.3, -0.25) is 4.99 Å². The van der Waals surface area contributed by atoms with Crippen LogP contribution in [-0.2, 0) is 0 Å². The minimum absolute atomic E-state index is 0.548. The molecule has 28 heavy (non-hydrogen) atoms. The highest BCUT2D eigenvalue weighted by molar-refractivity contribution is 8.01. The van der Waals surface area contributed by atoms with Crippen LogP contribution in [0.3, 0.4) is 0 Å². The molecule has 0 N–H and O–H groups in total. The van der Waals surface area contributed by atoms with Crippen LogP contribution in [0.15, 0.2) is 66.2 Å². The van der Waals surface area contributed by atoms with Gasteiger partial charge in [-0.05, 0) is 73.8 Å². The molecule has 3 rings (SSSR count). The predicted octanol–water partition coefficient (Wildman–Crippen LogP) is 7.43. The van der Waals surface area contributed by atoms with Crippen molar-refractivity contribution in [3.8, 4) is 0 Å². The molecule has 0 spiro atoms. The number of nitrogens with zero attached hydrogens (tertiary/aromatic N) is 7. The lowest BCUT2D eigenvalue weighted by atomic mass is 10.2. The highest BCUT2D eigenvalue weighted by Crippen LogP contribution is 2.31. The van der Waals surface area contributed by atoms with Crippen LogP contribution in [0.4, 0.5) is 27.9 Å². The van der Waals surface area contributed by atoms with Gasteiger partial charge >= 0.3 is 0 Å². The van der Waals surface area contributed by atoms with Crippen LogP contribution in [0, 0.1) is 13.8 Å². The topological polar surface area (TPSA) is 87.6 Å². The first kappa shape index (κ1) is 20.0. The third kappa shape index (κ3) is 5.14. The number of azo groups is 2. The molecule has 0 saturated heterocycles. The summed E-state index contributed by atoms with van der Waals surface area (Å²) in [6.07, 6.45) is 0. The van der Waals surface area contributed by atoms with Crippen LogP contribution in [0.1, 0.15) is 18.1 Å². The lowest BCUT2D eigenvalue weighted by Crippen LogP contribution is -1.75. The smallest absolute Gasteiger partial charge is 0.252 e. The van der Waals surface area contributed by atoms with Crippen LogP contribution >= 0.6 is 23.1 Å². The van der Waals surface area contributed by atoms with E-state index in [4.69, 9.17) is 0 Å². The molecule has 0 amide bonds. The summed E-state index contributed by atoms with van der Waals surface area (Å²) in [5.74, 6) is 0.954. The molecule has 142 valence electrons. The molecular formula is C19H19N7S2. The minimum Gasteiger partial charge on any atom is -0.265 e. The average molecular weight is 410 g/mol. The Morgan fingerprint density at radius 3 is 2.18 bits per heavy atom. The highest BCUT2D eigenvalue weighted by Gasteiger charge is 2.04. The van der Waals surface area contributed by atoms with Crippen molar-refractivity contribution in [1.29, 1.82) is 0 Å². The Morgan fingerprint density at radius 2 is 1.54 bits per heavy atom. The second kappa shape index (κ2) is 9.43. The molecule has 3 aromatic rings. The molecule has 0 unspecified atom stereocenters. The number of hydrogen-bond acceptors (Lipinski definition) is 9. The van der Waals surface area contributed by atoms with Crippen molar-refractivity contribution in [2.24, 2.45) is 25.4 Å². The van der Waals surface area contributed by atoms with Crippen molar-refractivity contribution in [3.05, 3.63) is 47.5 Å². The molecule has 0 aliphatic carbocycles. The van der Waals surface area contributed by atoms with Gasteiger partial charge in [-0.2, -0.15) is 10.2 Å². The summed E-state index contributed by atoms with van der Waals surface area (Å²) in [4.78, 5) is 3.91. The Morgan fingerprint density at radius 1 is 0.893 bits per heavy atom. The number of benzene rings is 2. The van der Waals surface area contributed by atoms with Crippen molar-refractivity contribution < 1.29 is 0 Å². The van der Waals surface area contributed by atoms with E-state index in [2.05, 4.69) is 49.3 Å². The average Bonchev–Trinajstić information content (AvgIpc) is 3.14. The van der Waals surface area contributed by atoms with Gasteiger partial charge in [0, 0.05) is 0 Å². The molecule has 0 radical (unpaired) electrons. The van der Waals surface area contributed by atoms with E-state index in [9.17, 15) is 0 Å². The van der Waals surface area contributed by atoms with Crippen LogP contribution in [0.5, 0.6) is 0 Å². The van der Waals surface area contributed by atoms with Crippen LogP contribution in [0.2, 0.25) is 0 Å². The lowest BCUT2D eigenvalue weighted by molar-refractivity contribution is 0.994. The maximum absolute atomic E-state index is 4.33. The molecule has 1 heterocycles. The van der Waals surface area contributed by atoms with Gasteiger partial charge in [0.2, 0.25) is 0 Å². The summed E-state index contributed by atoms with van der Waals surface area (Å²) in [6.45, 7) is 9.53. The van der Waals surface area contributed by atoms with Crippen LogP contribution < -0.4 is 0 Å². The molecule has 0 aliphatic heterocycles. The molecule has 0 saturated carbocycles. The van der Waals surface area contributed by atoms with Gasteiger partial charge in [0.05, 0.1) is 22.7 Å². The van der Waals surface area contributed by atoms with E-state index in [0.717, 1.165) is 44.0 Å². The zero-order valence-corrected chi connectivity index (χ0v) is 17.5. The van der Waals surface area contributed by atoms with Crippen molar-refractivity contribution in [1.82, 2.24) is 10.2 Å². The molecule has 0 fully saturated rings. The van der Waals surface area contributed by atoms with Gasteiger partial charge in [-0.1, -0.05) is 30.0 Å². The number of aryl methyl sites for hydroxylation is 2. The summed E-state index contributed by atoms with van der Waals surface area (Å²) in [5.41, 5.74) is 5.07. The minimum atomic E-state index is 0.548. The van der Waals surface area contributed by atoms with E-state index in [-0.39, 0.29) is 0 Å². The van der Waals surface area contributed by atoms with Crippen LogP contribution in [-0.4, -0.2) is 22.7 Å². The number of rotatable bonds is 7. The van der Waals surface area contributed by atoms with Crippen molar-refractivity contribution >= 4 is 57.7 Å². The summed E-state index contributed by atoms with van der Waals surface area (Å²) in [6, 6.07) is 11.3. The largest absolute Gasteiger partial charge is 0.265 e. The van der Waals surface area contributed by atoms with Gasteiger partial charge in [0.25, 0.3) is 5.13 Å². The normalized spacial score (nSPS) is 11.5. The first-order chi connectivity index (χ1) is 13.6. The zero-order chi connectivity index (χ0) is 19.9. The fourth-order valence-corrected chi connectivity index (χ4v) is 3.86. The van der Waals surface area contributed by atoms with E-state index in [1.165, 1.54) is 11.3 Å². The summed E-state index contributed by atoms with van der Waals surface area (Å²) in [7, 11) is 0. The molecule has 0 atom stereocenters. The maximum Gasteiger partial charge on any atom is 0.252 e. The molecule has 2 aromatic carbocycles. The van der Waals surface area contributed by atoms with Gasteiger partial charge in [-0.25, -0.2) is 0 Å². The Labute approximate surface area is 171 Å². The van der Waals surface area contributed by atoms with Gasteiger partial charge in [-0.15, -0.1) is 20.4 Å². The Hall–Kier alpha value is -2.78. The summed E-state index contributed by atoms with van der Waals surface area (Å²) in [5, 5.41) is 25.7. The second-order valence-corrected chi connectivity index (χ2v) is 8.25. The first-order valence-corrected chi connectivity index (χ1v) is 10.4. The predicted molar refractivity (Wildman–Crippen MR) is 116 cm³/mol. The van der Waals surface area contributed by atoms with Crippen LogP contribution in [0.25, 0.3) is 0 Å². The van der Waals surface area contributed by atoms with Gasteiger partial charge in [0.1, 0.15) is 0 Å². The van der Waals surface area contributed by atoms with E-state index >= 15 is 0 Å². The SMILES string of the molecule is C=Nc1ccc(N=Nc2ccc(N=Nc3nnc(SCC)s3)c(C)c2)c(C)c1. The number of hydrogen-bond donors (Lipinski definition) is 0. The number of thioether (sulfide) groups is 1. The Balaban J connectivity index is 1.72. The van der Waals surface area contributed by atoms with E-state index in [0.29, 0.717) is 5.13 Å². The lowest BCUT2D eigenvalue weighted by Gasteiger charge is -2.01. The summed E-state index contributed by atoms with van der Waals surface area (Å²) >= 11 is 3.07. The highest BCUT2D eigenvalue weighted by atomic mass is 32.2. The fourth-order valence-electron chi connectivity index (χ4n) is 2.30. The third-order valence-corrected chi connectivity index (χ3v) is 5.55. The number of aromatic nitrogens is 2. The van der Waals surface area contributed by atoms with Crippen molar-refractivity contribution in [2.45, 2.75) is 25.1 Å². The zero-order valence-electron chi connectivity index (χ0n) is 15.8. The quantitative estimate of drug-likeness (QED) is 0.231. The molecule has 0 aliphatic rings. The second-order valence-electron chi connectivity index (χ2n) is 5.78. The fraction of sp³-hybridized carbons (Fsp3) is 0.211. The van der Waals surface area contributed by atoms with Gasteiger partial charge in [0.15, 0.2) is 4.34 Å². The molecular weight excluding hydrogens is 390 g/mol.